The third kappa shape index (κ3) is 4.00. The maximum Gasteiger partial charge on any atom is 0.514 e. The highest BCUT2D eigenvalue weighted by Crippen LogP contribution is 2.37. The minimum Gasteiger partial charge on any atom is -0.480 e. The Balaban J connectivity index is 1.80. The first-order valence-electron chi connectivity index (χ1n) is 8.17. The first-order valence-corrected chi connectivity index (χ1v) is 9.36. The van der Waals surface area contributed by atoms with Crippen molar-refractivity contribution in [1.29, 1.82) is 0 Å². The average Bonchev–Trinajstić information content (AvgIpc) is 2.98. The fraction of sp³-hybridized carbons (Fsp3) is 0.333. The smallest absolute Gasteiger partial charge is 0.480 e. The molecule has 1 aromatic heterocycles. The van der Waals surface area contributed by atoms with Crippen LogP contribution in [0, 0.1) is 0 Å². The number of benzene rings is 1. The Morgan fingerprint density at radius 1 is 1.38 bits per heavy atom. The van der Waals surface area contributed by atoms with Gasteiger partial charge in [0, 0.05) is 23.0 Å². The summed E-state index contributed by atoms with van der Waals surface area (Å²) in [7, 11) is 0. The van der Waals surface area contributed by atoms with Crippen molar-refractivity contribution >= 4 is 35.1 Å². The van der Waals surface area contributed by atoms with E-state index in [1.54, 1.807) is 37.3 Å². The van der Waals surface area contributed by atoms with Gasteiger partial charge in [-0.3, -0.25) is 9.69 Å². The van der Waals surface area contributed by atoms with Crippen molar-refractivity contribution in [2.45, 2.75) is 25.9 Å². The van der Waals surface area contributed by atoms with E-state index >= 15 is 0 Å². The average molecular weight is 396 g/mol. The molecular weight excluding hydrogens is 378 g/mol. The second kappa shape index (κ2) is 8.07. The molecule has 2 heterocycles. The Kier molecular flexibility index (Phi) is 5.80. The largest absolute Gasteiger partial charge is 0.514 e. The highest BCUT2D eigenvalue weighted by molar-refractivity contribution is 7.14. The first kappa shape index (κ1) is 18.7. The fourth-order valence-corrected chi connectivity index (χ4v) is 4.25. The SMILES string of the molecule is CCOC(=O)Oc1cc2c(s1)CCN(C(C(=O)O)c1ccccc1Cl)C2. The van der Waals surface area contributed by atoms with E-state index in [0.29, 0.717) is 35.2 Å². The van der Waals surface area contributed by atoms with Gasteiger partial charge in [-0.05, 0) is 36.6 Å². The van der Waals surface area contributed by atoms with E-state index in [1.165, 1.54) is 11.3 Å². The summed E-state index contributed by atoms with van der Waals surface area (Å²) < 4.78 is 9.94. The second-order valence-corrected chi connectivity index (χ2v) is 7.29. The van der Waals surface area contributed by atoms with Crippen LogP contribution in [0.2, 0.25) is 5.02 Å². The van der Waals surface area contributed by atoms with Crippen LogP contribution in [0.4, 0.5) is 4.79 Å². The lowest BCUT2D eigenvalue weighted by molar-refractivity contribution is -0.144. The van der Waals surface area contributed by atoms with Gasteiger partial charge in [0.15, 0.2) is 5.06 Å². The Bertz CT molecular complexity index is 822. The molecule has 26 heavy (non-hydrogen) atoms. The Morgan fingerprint density at radius 2 is 2.15 bits per heavy atom. The second-order valence-electron chi connectivity index (χ2n) is 5.78. The summed E-state index contributed by atoms with van der Waals surface area (Å²) >= 11 is 7.60. The summed E-state index contributed by atoms with van der Waals surface area (Å²) in [4.78, 5) is 26.3. The zero-order valence-corrected chi connectivity index (χ0v) is 15.7. The molecule has 2 aromatic rings. The van der Waals surface area contributed by atoms with E-state index in [2.05, 4.69) is 0 Å². The van der Waals surface area contributed by atoms with Gasteiger partial charge in [0.1, 0.15) is 6.04 Å². The normalized spacial score (nSPS) is 15.2. The van der Waals surface area contributed by atoms with E-state index in [-0.39, 0.29) is 6.61 Å². The van der Waals surface area contributed by atoms with Gasteiger partial charge in [-0.1, -0.05) is 29.8 Å². The summed E-state index contributed by atoms with van der Waals surface area (Å²) in [6.07, 6.45) is -0.0529. The minimum atomic E-state index is -0.945. The van der Waals surface area contributed by atoms with Crippen LogP contribution in [0.25, 0.3) is 0 Å². The standard InChI is InChI=1S/C18H18ClNO5S/c1-2-24-18(23)25-15-9-11-10-20(8-7-14(11)26-15)16(17(21)22)12-5-3-4-6-13(12)19/h3-6,9,16H,2,7-8,10H2,1H3,(H,21,22). The number of carbonyl (C=O) groups excluding carboxylic acids is 1. The number of aliphatic carboxylic acids is 1. The lowest BCUT2D eigenvalue weighted by Gasteiger charge is -2.32. The molecule has 0 saturated carbocycles. The predicted molar refractivity (Wildman–Crippen MR) is 97.9 cm³/mol. The summed E-state index contributed by atoms with van der Waals surface area (Å²) in [5.41, 5.74) is 1.53. The highest BCUT2D eigenvalue weighted by atomic mass is 35.5. The van der Waals surface area contributed by atoms with E-state index < -0.39 is 18.2 Å². The molecule has 1 aliphatic heterocycles. The van der Waals surface area contributed by atoms with Crippen molar-refractivity contribution in [3.8, 4) is 5.06 Å². The number of hydrogen-bond acceptors (Lipinski definition) is 6. The number of hydrogen-bond donors (Lipinski definition) is 1. The van der Waals surface area contributed by atoms with Crippen LogP contribution in [-0.2, 0) is 22.5 Å². The molecule has 6 nitrogen and oxygen atoms in total. The van der Waals surface area contributed by atoms with Crippen LogP contribution in [0.3, 0.4) is 0 Å². The van der Waals surface area contributed by atoms with Crippen molar-refractivity contribution in [3.05, 3.63) is 51.4 Å². The van der Waals surface area contributed by atoms with Gasteiger partial charge in [0.25, 0.3) is 0 Å². The summed E-state index contributed by atoms with van der Waals surface area (Å²) in [5.74, 6) is -0.945. The number of ether oxygens (including phenoxy) is 2. The molecule has 0 spiro atoms. The minimum absolute atomic E-state index is 0.246. The van der Waals surface area contributed by atoms with Crippen molar-refractivity contribution in [3.63, 3.8) is 0 Å². The van der Waals surface area contributed by atoms with Gasteiger partial charge in [0.2, 0.25) is 0 Å². The number of carboxylic acids is 1. The summed E-state index contributed by atoms with van der Waals surface area (Å²) in [6, 6.07) is 7.93. The molecular formula is C18H18ClNO5S. The van der Waals surface area contributed by atoms with Crippen LogP contribution in [-0.4, -0.2) is 35.3 Å². The zero-order chi connectivity index (χ0) is 18.7. The Labute approximate surface area is 159 Å². The summed E-state index contributed by atoms with van der Waals surface area (Å²) in [6.45, 7) is 2.98. The molecule has 1 unspecified atom stereocenters. The number of thiophene rings is 1. The molecule has 0 bridgehead atoms. The molecule has 0 aliphatic carbocycles. The van der Waals surface area contributed by atoms with Gasteiger partial charge in [-0.15, -0.1) is 11.3 Å². The molecule has 8 heteroatoms. The number of nitrogens with zero attached hydrogens (tertiary/aromatic N) is 1. The summed E-state index contributed by atoms with van der Waals surface area (Å²) in [5, 5.41) is 10.6. The van der Waals surface area contributed by atoms with Gasteiger partial charge in [0.05, 0.1) is 6.61 Å². The molecule has 0 fully saturated rings. The van der Waals surface area contributed by atoms with E-state index in [1.807, 2.05) is 4.90 Å². The van der Waals surface area contributed by atoms with Crippen molar-refractivity contribution in [2.75, 3.05) is 13.2 Å². The molecule has 3 rings (SSSR count). The number of carbonyl (C=O) groups is 2. The first-order chi connectivity index (χ1) is 12.5. The van der Waals surface area contributed by atoms with Crippen LogP contribution in [0.5, 0.6) is 5.06 Å². The van der Waals surface area contributed by atoms with Gasteiger partial charge >= 0.3 is 12.1 Å². The number of fused-ring (bicyclic) bond motifs is 1. The quantitative estimate of drug-likeness (QED) is 0.767. The Morgan fingerprint density at radius 3 is 2.85 bits per heavy atom. The van der Waals surface area contributed by atoms with Crippen LogP contribution >= 0.6 is 22.9 Å². The zero-order valence-electron chi connectivity index (χ0n) is 14.1. The molecule has 1 N–H and O–H groups in total. The van der Waals surface area contributed by atoms with Crippen LogP contribution < -0.4 is 4.74 Å². The number of halogens is 1. The van der Waals surface area contributed by atoms with Gasteiger partial charge in [-0.25, -0.2) is 4.79 Å². The van der Waals surface area contributed by atoms with Gasteiger partial charge in [-0.2, -0.15) is 0 Å². The molecule has 1 aliphatic rings. The van der Waals surface area contributed by atoms with E-state index in [0.717, 1.165) is 10.4 Å². The third-order valence-electron chi connectivity index (χ3n) is 4.12. The van der Waals surface area contributed by atoms with Crippen LogP contribution in [0.15, 0.2) is 30.3 Å². The lowest BCUT2D eigenvalue weighted by atomic mass is 10.0. The lowest BCUT2D eigenvalue weighted by Crippen LogP contribution is -2.37. The third-order valence-corrected chi connectivity index (χ3v) is 5.58. The highest BCUT2D eigenvalue weighted by Gasteiger charge is 2.32. The molecule has 0 amide bonds. The fourth-order valence-electron chi connectivity index (χ4n) is 3.01. The monoisotopic (exact) mass is 395 g/mol. The molecule has 1 aromatic carbocycles. The predicted octanol–water partition coefficient (Wildman–Crippen LogP) is 4.12. The number of rotatable bonds is 5. The topological polar surface area (TPSA) is 76.1 Å². The maximum atomic E-state index is 11.9. The number of carboxylic acid groups (broad SMARTS) is 1. The molecule has 0 saturated heterocycles. The molecule has 138 valence electrons. The van der Waals surface area contributed by atoms with E-state index in [4.69, 9.17) is 21.1 Å². The van der Waals surface area contributed by atoms with E-state index in [9.17, 15) is 14.7 Å². The maximum absolute atomic E-state index is 11.9. The van der Waals surface area contributed by atoms with Crippen LogP contribution in [0.1, 0.15) is 29.0 Å². The Hall–Kier alpha value is -2.09. The van der Waals surface area contributed by atoms with Gasteiger partial charge < -0.3 is 14.6 Å². The van der Waals surface area contributed by atoms with Crippen molar-refractivity contribution in [1.82, 2.24) is 4.90 Å². The molecule has 1 atom stereocenters. The van der Waals surface area contributed by atoms with Crippen molar-refractivity contribution < 1.29 is 24.2 Å². The van der Waals surface area contributed by atoms with Crippen molar-refractivity contribution in [2.24, 2.45) is 0 Å². The molecule has 0 radical (unpaired) electrons.